The molecule has 1 aliphatic carbocycles. The van der Waals surface area contributed by atoms with Gasteiger partial charge in [0.1, 0.15) is 5.82 Å². The van der Waals surface area contributed by atoms with Gasteiger partial charge < -0.3 is 4.74 Å². The number of methoxy groups -OCH3 is 1. The fraction of sp³-hybridized carbons (Fsp3) is 0.625. The van der Waals surface area contributed by atoms with Crippen molar-refractivity contribution in [2.45, 2.75) is 51.2 Å². The first-order valence-corrected chi connectivity index (χ1v) is 7.68. The second-order valence-electron chi connectivity index (χ2n) is 6.70. The number of hydrogen-bond acceptors (Lipinski definition) is 3. The van der Waals surface area contributed by atoms with E-state index >= 15 is 0 Å². The van der Waals surface area contributed by atoms with E-state index in [4.69, 9.17) is 22.2 Å². The van der Waals surface area contributed by atoms with Gasteiger partial charge in [-0.25, -0.2) is 4.39 Å². The number of halogens is 2. The maximum atomic E-state index is 13.6. The Kier molecular flexibility index (Phi) is 4.93. The van der Waals surface area contributed by atoms with Gasteiger partial charge in [0.2, 0.25) is 0 Å². The van der Waals surface area contributed by atoms with Crippen LogP contribution in [0.15, 0.2) is 18.2 Å². The third-order valence-corrected chi connectivity index (χ3v) is 5.16. The minimum absolute atomic E-state index is 0.299. The molecule has 3 nitrogen and oxygen atoms in total. The summed E-state index contributed by atoms with van der Waals surface area (Å²) >= 11 is 6.25. The minimum Gasteiger partial charge on any atom is -0.376 e. The molecule has 5 heteroatoms. The summed E-state index contributed by atoms with van der Waals surface area (Å²) in [5.74, 6) is 5.45. The molecule has 118 valence electrons. The molecule has 0 aliphatic heterocycles. The van der Waals surface area contributed by atoms with Gasteiger partial charge >= 0.3 is 0 Å². The molecule has 0 saturated heterocycles. The van der Waals surface area contributed by atoms with Crippen molar-refractivity contribution in [1.29, 1.82) is 0 Å². The van der Waals surface area contributed by atoms with Gasteiger partial charge in [0.05, 0.1) is 11.6 Å². The molecule has 1 unspecified atom stereocenters. The monoisotopic (exact) mass is 314 g/mol. The molecule has 1 aliphatic rings. The van der Waals surface area contributed by atoms with Crippen molar-refractivity contribution in [1.82, 2.24) is 5.43 Å². The van der Waals surface area contributed by atoms with Crippen molar-refractivity contribution < 1.29 is 9.13 Å². The molecular weight excluding hydrogens is 291 g/mol. The molecule has 21 heavy (non-hydrogen) atoms. The van der Waals surface area contributed by atoms with E-state index in [0.29, 0.717) is 16.0 Å². The Morgan fingerprint density at radius 3 is 2.43 bits per heavy atom. The van der Waals surface area contributed by atoms with E-state index < -0.39 is 5.60 Å². The average Bonchev–Trinajstić information content (AvgIpc) is 2.45. The summed E-state index contributed by atoms with van der Waals surface area (Å²) in [5, 5.41) is 0.501. The highest BCUT2D eigenvalue weighted by Crippen LogP contribution is 2.48. The fourth-order valence-corrected chi connectivity index (χ4v) is 3.45. The number of hydrogen-bond donors (Lipinski definition) is 2. The van der Waals surface area contributed by atoms with Gasteiger partial charge in [-0.1, -0.05) is 25.4 Å². The Morgan fingerprint density at radius 1 is 1.29 bits per heavy atom. The van der Waals surface area contributed by atoms with Crippen LogP contribution in [0.5, 0.6) is 0 Å². The molecule has 3 N–H and O–H groups in total. The molecular formula is C16H24ClFN2O. The number of rotatable bonds is 4. The second-order valence-corrected chi connectivity index (χ2v) is 7.11. The maximum Gasteiger partial charge on any atom is 0.123 e. The van der Waals surface area contributed by atoms with Crippen LogP contribution in [0, 0.1) is 11.2 Å². The Hall–Kier alpha value is -0.680. The third kappa shape index (κ3) is 3.39. The fourth-order valence-electron chi connectivity index (χ4n) is 3.22. The normalized spacial score (nSPS) is 22.0. The topological polar surface area (TPSA) is 47.3 Å². The molecule has 0 bridgehead atoms. The van der Waals surface area contributed by atoms with E-state index in [1.807, 2.05) is 0 Å². The molecule has 0 amide bonds. The summed E-state index contributed by atoms with van der Waals surface area (Å²) in [6.45, 7) is 4.51. The largest absolute Gasteiger partial charge is 0.376 e. The lowest BCUT2D eigenvalue weighted by Gasteiger charge is -2.47. The van der Waals surface area contributed by atoms with Crippen LogP contribution in [0.2, 0.25) is 5.02 Å². The highest BCUT2D eigenvalue weighted by Gasteiger charge is 2.45. The molecule has 1 aromatic carbocycles. The zero-order valence-electron chi connectivity index (χ0n) is 12.9. The Balaban J connectivity index is 2.36. The second kappa shape index (κ2) is 6.21. The highest BCUT2D eigenvalue weighted by molar-refractivity contribution is 6.31. The van der Waals surface area contributed by atoms with Crippen LogP contribution in [0.3, 0.4) is 0 Å². The SMILES string of the molecule is COC1(C(NN)c2cc(F)ccc2Cl)CCC(C)(C)CC1. The van der Waals surface area contributed by atoms with Gasteiger partial charge in [0, 0.05) is 12.1 Å². The summed E-state index contributed by atoms with van der Waals surface area (Å²) < 4.78 is 19.4. The summed E-state index contributed by atoms with van der Waals surface area (Å²) in [5.41, 5.74) is 3.29. The number of ether oxygens (including phenoxy) is 1. The third-order valence-electron chi connectivity index (χ3n) is 4.82. The lowest BCUT2D eigenvalue weighted by molar-refractivity contribution is -0.0877. The van der Waals surface area contributed by atoms with Crippen molar-refractivity contribution in [2.24, 2.45) is 11.3 Å². The summed E-state index contributed by atoms with van der Waals surface area (Å²) in [6.07, 6.45) is 3.79. The molecule has 1 aromatic rings. The van der Waals surface area contributed by atoms with Gasteiger partial charge in [-0.15, -0.1) is 0 Å². The zero-order chi connectivity index (χ0) is 15.7. The summed E-state index contributed by atoms with van der Waals surface area (Å²) in [7, 11) is 1.69. The zero-order valence-corrected chi connectivity index (χ0v) is 13.6. The summed E-state index contributed by atoms with van der Waals surface area (Å²) in [4.78, 5) is 0. The Labute approximate surface area is 131 Å². The molecule has 2 rings (SSSR count). The first-order valence-electron chi connectivity index (χ1n) is 7.30. The number of benzene rings is 1. The van der Waals surface area contributed by atoms with Crippen LogP contribution >= 0.6 is 11.6 Å². The first kappa shape index (κ1) is 16.7. The van der Waals surface area contributed by atoms with E-state index in [1.54, 1.807) is 13.2 Å². The molecule has 0 spiro atoms. The van der Waals surface area contributed by atoms with Crippen molar-refractivity contribution >= 4 is 11.6 Å². The number of nitrogens with two attached hydrogens (primary N) is 1. The van der Waals surface area contributed by atoms with Crippen molar-refractivity contribution in [3.8, 4) is 0 Å². The van der Waals surface area contributed by atoms with E-state index in [-0.39, 0.29) is 11.9 Å². The molecule has 1 fully saturated rings. The van der Waals surface area contributed by atoms with Gasteiger partial charge in [0.15, 0.2) is 0 Å². The Morgan fingerprint density at radius 2 is 1.90 bits per heavy atom. The first-order chi connectivity index (χ1) is 9.83. The van der Waals surface area contributed by atoms with Gasteiger partial charge in [-0.2, -0.15) is 0 Å². The number of nitrogens with one attached hydrogen (secondary N) is 1. The van der Waals surface area contributed by atoms with E-state index in [2.05, 4.69) is 19.3 Å². The lowest BCUT2D eigenvalue weighted by Crippen LogP contribution is -2.51. The van der Waals surface area contributed by atoms with Crippen LogP contribution < -0.4 is 11.3 Å². The highest BCUT2D eigenvalue weighted by atomic mass is 35.5. The van der Waals surface area contributed by atoms with Crippen LogP contribution in [0.4, 0.5) is 4.39 Å². The predicted octanol–water partition coefficient (Wildman–Crippen LogP) is 3.97. The lowest BCUT2D eigenvalue weighted by atomic mass is 9.67. The standard InChI is InChI=1S/C16H24ClFN2O/c1-15(2)6-8-16(21-3,9-7-15)14(20-19)12-10-11(18)4-5-13(12)17/h4-5,10,14,20H,6-9,19H2,1-3H3. The van der Waals surface area contributed by atoms with Crippen molar-refractivity contribution in [2.75, 3.05) is 7.11 Å². The van der Waals surface area contributed by atoms with E-state index in [1.165, 1.54) is 12.1 Å². The number of hydrazine groups is 1. The quantitative estimate of drug-likeness (QED) is 0.653. The van der Waals surface area contributed by atoms with E-state index in [9.17, 15) is 4.39 Å². The van der Waals surface area contributed by atoms with Crippen LogP contribution in [0.25, 0.3) is 0 Å². The Bertz CT molecular complexity index is 497. The molecule has 0 heterocycles. The van der Waals surface area contributed by atoms with Gasteiger partial charge in [0.25, 0.3) is 0 Å². The van der Waals surface area contributed by atoms with Gasteiger partial charge in [-0.05, 0) is 54.9 Å². The average molecular weight is 315 g/mol. The smallest absolute Gasteiger partial charge is 0.123 e. The van der Waals surface area contributed by atoms with Crippen LogP contribution in [0.1, 0.15) is 51.1 Å². The maximum absolute atomic E-state index is 13.6. The molecule has 0 aromatic heterocycles. The minimum atomic E-state index is -0.457. The van der Waals surface area contributed by atoms with Crippen molar-refractivity contribution in [3.63, 3.8) is 0 Å². The summed E-state index contributed by atoms with van der Waals surface area (Å²) in [6, 6.07) is 4.02. The predicted molar refractivity (Wildman–Crippen MR) is 83.5 cm³/mol. The van der Waals surface area contributed by atoms with E-state index in [0.717, 1.165) is 25.7 Å². The van der Waals surface area contributed by atoms with Crippen LogP contribution in [-0.4, -0.2) is 12.7 Å². The molecule has 0 radical (unpaired) electrons. The van der Waals surface area contributed by atoms with Gasteiger partial charge in [-0.3, -0.25) is 11.3 Å². The van der Waals surface area contributed by atoms with Crippen LogP contribution in [-0.2, 0) is 4.74 Å². The molecule has 1 saturated carbocycles. The van der Waals surface area contributed by atoms with Crippen molar-refractivity contribution in [3.05, 3.63) is 34.6 Å². The molecule has 1 atom stereocenters.